The first-order chi connectivity index (χ1) is 38.0. The molecule has 0 heterocycles. The second-order valence-electron chi connectivity index (χ2n) is 22.0. The molecule has 6 nitrogen and oxygen atoms in total. The smallest absolute Gasteiger partial charge is 0.306 e. The Morgan fingerprint density at radius 3 is 0.844 bits per heavy atom. The van der Waals surface area contributed by atoms with E-state index in [0.717, 1.165) is 96.3 Å². The maximum absolute atomic E-state index is 12.9. The number of ether oxygens (including phenoxy) is 3. The van der Waals surface area contributed by atoms with E-state index in [1.165, 1.54) is 193 Å². The number of rotatable bonds is 60. The molecule has 0 spiro atoms. The lowest BCUT2D eigenvalue weighted by molar-refractivity contribution is -0.167. The molecule has 0 fully saturated rings. The highest BCUT2D eigenvalue weighted by Gasteiger charge is 2.19. The Kier molecular flexibility index (Phi) is 62.2. The molecule has 0 bridgehead atoms. The molecule has 444 valence electrons. The summed E-state index contributed by atoms with van der Waals surface area (Å²) in [5.41, 5.74) is 0. The van der Waals surface area contributed by atoms with Crippen LogP contribution in [-0.4, -0.2) is 37.2 Å². The van der Waals surface area contributed by atoms with Crippen LogP contribution in [0.3, 0.4) is 0 Å². The van der Waals surface area contributed by atoms with Crippen molar-refractivity contribution in [2.75, 3.05) is 13.2 Å². The van der Waals surface area contributed by atoms with Crippen molar-refractivity contribution < 1.29 is 28.6 Å². The van der Waals surface area contributed by atoms with Gasteiger partial charge in [-0.3, -0.25) is 14.4 Å². The van der Waals surface area contributed by atoms with Crippen molar-refractivity contribution in [1.82, 2.24) is 0 Å². The van der Waals surface area contributed by atoms with Crippen molar-refractivity contribution in [3.05, 3.63) is 85.1 Å². The zero-order valence-electron chi connectivity index (χ0n) is 51.0. The number of carbonyl (C=O) groups is 3. The molecule has 0 saturated heterocycles. The molecular formula is C71H124O6. The van der Waals surface area contributed by atoms with E-state index in [-0.39, 0.29) is 31.1 Å². The third kappa shape index (κ3) is 63.3. The minimum atomic E-state index is -0.781. The monoisotopic (exact) mass is 1070 g/mol. The molecule has 0 aromatic heterocycles. The van der Waals surface area contributed by atoms with Crippen LogP contribution in [0.25, 0.3) is 0 Å². The summed E-state index contributed by atoms with van der Waals surface area (Å²) in [6.45, 7) is 6.51. The van der Waals surface area contributed by atoms with Crippen LogP contribution in [0.15, 0.2) is 85.1 Å². The fourth-order valence-electron chi connectivity index (χ4n) is 9.39. The minimum Gasteiger partial charge on any atom is -0.462 e. The molecule has 1 unspecified atom stereocenters. The summed E-state index contributed by atoms with van der Waals surface area (Å²) in [7, 11) is 0. The van der Waals surface area contributed by atoms with E-state index >= 15 is 0 Å². The maximum atomic E-state index is 12.9. The molecule has 0 amide bonds. The molecule has 0 aliphatic carbocycles. The zero-order chi connectivity index (χ0) is 55.7. The molecule has 0 N–H and O–H groups in total. The Morgan fingerprint density at radius 2 is 0.519 bits per heavy atom. The van der Waals surface area contributed by atoms with E-state index < -0.39 is 6.10 Å². The Hall–Kier alpha value is -3.41. The third-order valence-electron chi connectivity index (χ3n) is 14.4. The number of hydrogen-bond donors (Lipinski definition) is 0. The van der Waals surface area contributed by atoms with Gasteiger partial charge in [0, 0.05) is 19.3 Å². The van der Waals surface area contributed by atoms with Crippen LogP contribution in [0.1, 0.15) is 329 Å². The quantitative estimate of drug-likeness (QED) is 0.0261. The van der Waals surface area contributed by atoms with Crippen LogP contribution in [0, 0.1) is 0 Å². The number of esters is 3. The van der Waals surface area contributed by atoms with E-state index in [4.69, 9.17) is 14.2 Å². The summed E-state index contributed by atoms with van der Waals surface area (Å²) in [5.74, 6) is -0.878. The Labute approximate surface area is 477 Å². The minimum absolute atomic E-state index is 0.0780. The van der Waals surface area contributed by atoms with Gasteiger partial charge >= 0.3 is 17.9 Å². The van der Waals surface area contributed by atoms with Gasteiger partial charge in [0.15, 0.2) is 6.10 Å². The Bertz CT molecular complexity index is 1470. The van der Waals surface area contributed by atoms with Crippen molar-refractivity contribution in [3.8, 4) is 0 Å². The fourth-order valence-corrected chi connectivity index (χ4v) is 9.39. The van der Waals surface area contributed by atoms with Gasteiger partial charge in [-0.25, -0.2) is 0 Å². The predicted molar refractivity (Wildman–Crippen MR) is 334 cm³/mol. The van der Waals surface area contributed by atoms with Gasteiger partial charge < -0.3 is 14.2 Å². The molecule has 0 rings (SSSR count). The highest BCUT2D eigenvalue weighted by Crippen LogP contribution is 2.17. The molecule has 0 aliphatic rings. The number of unbranched alkanes of at least 4 members (excludes halogenated alkanes) is 35. The van der Waals surface area contributed by atoms with Gasteiger partial charge in [0.25, 0.3) is 0 Å². The van der Waals surface area contributed by atoms with Crippen molar-refractivity contribution in [3.63, 3.8) is 0 Å². The summed E-state index contributed by atoms with van der Waals surface area (Å²) in [6, 6.07) is 0. The van der Waals surface area contributed by atoms with E-state index in [0.29, 0.717) is 19.3 Å². The van der Waals surface area contributed by atoms with Crippen molar-refractivity contribution >= 4 is 17.9 Å². The standard InChI is InChI=1S/C71H124O6/c1-4-7-10-13-16-19-22-24-26-28-30-31-32-33-34-35-36-37-38-39-41-42-44-46-49-52-55-58-61-64-70(73)76-67-68(66-75-69(72)63-60-57-54-51-48-21-18-15-12-9-6-3)77-71(74)65-62-59-56-53-50-47-45-43-40-29-27-25-23-20-17-14-11-8-5-2/h7,10,15-16,18-19,24-27,30-31,33-34,68H,4-6,8-9,11-14,17,20-23,28-29,32,35-67H2,1-3H3/b10-7-,18-15-,19-16-,26-24-,27-25-,31-30-,34-33-. The maximum Gasteiger partial charge on any atom is 0.306 e. The van der Waals surface area contributed by atoms with Crippen molar-refractivity contribution in [1.29, 1.82) is 0 Å². The summed E-state index contributed by atoms with van der Waals surface area (Å²) in [4.78, 5) is 38.3. The second-order valence-corrected chi connectivity index (χ2v) is 22.0. The van der Waals surface area contributed by atoms with Gasteiger partial charge in [-0.05, 0) is 109 Å². The van der Waals surface area contributed by atoms with E-state index in [9.17, 15) is 14.4 Å². The molecule has 6 heteroatoms. The number of hydrogen-bond acceptors (Lipinski definition) is 6. The number of allylic oxidation sites excluding steroid dienone is 14. The highest BCUT2D eigenvalue weighted by atomic mass is 16.6. The molecule has 0 aromatic rings. The average molecular weight is 1070 g/mol. The lowest BCUT2D eigenvalue weighted by Crippen LogP contribution is -2.30. The van der Waals surface area contributed by atoms with Crippen molar-refractivity contribution in [2.24, 2.45) is 0 Å². The van der Waals surface area contributed by atoms with E-state index in [2.05, 4.69) is 106 Å². The number of carbonyl (C=O) groups excluding carboxylic acids is 3. The van der Waals surface area contributed by atoms with Crippen LogP contribution < -0.4 is 0 Å². The summed E-state index contributed by atoms with van der Waals surface area (Å²) < 4.78 is 16.9. The van der Waals surface area contributed by atoms with Gasteiger partial charge in [-0.2, -0.15) is 0 Å². The van der Waals surface area contributed by atoms with Gasteiger partial charge in [0.2, 0.25) is 0 Å². The molecule has 1 atom stereocenters. The summed E-state index contributed by atoms with van der Waals surface area (Å²) >= 11 is 0. The van der Waals surface area contributed by atoms with Gasteiger partial charge in [0.05, 0.1) is 0 Å². The largest absolute Gasteiger partial charge is 0.462 e. The first-order valence-electron chi connectivity index (χ1n) is 33.1. The molecule has 0 aliphatic heterocycles. The second kappa shape index (κ2) is 65.1. The molecule has 0 radical (unpaired) electrons. The van der Waals surface area contributed by atoms with E-state index in [1.807, 2.05) is 0 Å². The van der Waals surface area contributed by atoms with Crippen LogP contribution in [0.4, 0.5) is 0 Å². The van der Waals surface area contributed by atoms with Crippen LogP contribution >= 0.6 is 0 Å². The lowest BCUT2D eigenvalue weighted by Gasteiger charge is -2.18. The molecule has 77 heavy (non-hydrogen) atoms. The SMILES string of the molecule is CC/C=C\C/C=C\C/C=C\C/C=C\C/C=C\CCCCCCCCCCCCCCCC(=O)OCC(COC(=O)CCCCCCC/C=C\CCCC)OC(=O)CCCCCCCCCCC/C=C\CCCCCCCC. The molecule has 0 aromatic carbocycles. The zero-order valence-corrected chi connectivity index (χ0v) is 51.0. The topological polar surface area (TPSA) is 78.9 Å². The average Bonchev–Trinajstić information content (AvgIpc) is 3.43. The fraction of sp³-hybridized carbons (Fsp3) is 0.761. The van der Waals surface area contributed by atoms with Gasteiger partial charge in [0.1, 0.15) is 13.2 Å². The summed E-state index contributed by atoms with van der Waals surface area (Å²) in [5, 5.41) is 0. The van der Waals surface area contributed by atoms with Gasteiger partial charge in [-0.15, -0.1) is 0 Å². The highest BCUT2D eigenvalue weighted by molar-refractivity contribution is 5.71. The van der Waals surface area contributed by atoms with Crippen LogP contribution in [0.5, 0.6) is 0 Å². The van der Waals surface area contributed by atoms with Crippen molar-refractivity contribution in [2.45, 2.75) is 335 Å². The van der Waals surface area contributed by atoms with Gasteiger partial charge in [-0.1, -0.05) is 286 Å². The summed E-state index contributed by atoms with van der Waals surface area (Å²) in [6.07, 6.45) is 86.0. The Morgan fingerprint density at radius 1 is 0.273 bits per heavy atom. The first-order valence-corrected chi connectivity index (χ1v) is 33.1. The van der Waals surface area contributed by atoms with Crippen LogP contribution in [-0.2, 0) is 28.6 Å². The molecule has 0 saturated carbocycles. The normalized spacial score (nSPS) is 12.6. The third-order valence-corrected chi connectivity index (χ3v) is 14.4. The Balaban J connectivity index is 4.21. The molecular weight excluding hydrogens is 949 g/mol. The lowest BCUT2D eigenvalue weighted by atomic mass is 10.0. The predicted octanol–water partition coefficient (Wildman–Crippen LogP) is 22.7. The first kappa shape index (κ1) is 73.6. The van der Waals surface area contributed by atoms with E-state index in [1.54, 1.807) is 0 Å². The van der Waals surface area contributed by atoms with Crippen LogP contribution in [0.2, 0.25) is 0 Å².